The largest absolute Gasteiger partial charge is 0.365 e. The summed E-state index contributed by atoms with van der Waals surface area (Å²) in [4.78, 5) is 26.3. The van der Waals surface area contributed by atoms with E-state index in [1.807, 2.05) is 30.3 Å². The summed E-state index contributed by atoms with van der Waals surface area (Å²) < 4.78 is 0. The molecule has 2 saturated heterocycles. The number of anilines is 3. The first-order valence-corrected chi connectivity index (χ1v) is 12.6. The van der Waals surface area contributed by atoms with E-state index in [0.29, 0.717) is 30.5 Å². The molecule has 2 aliphatic heterocycles. The van der Waals surface area contributed by atoms with Crippen LogP contribution in [0.25, 0.3) is 11.3 Å². The van der Waals surface area contributed by atoms with E-state index in [-0.39, 0.29) is 5.91 Å². The molecule has 0 spiro atoms. The Balaban J connectivity index is 1.12. The molecule has 1 aliphatic carbocycles. The van der Waals surface area contributed by atoms with Gasteiger partial charge in [0, 0.05) is 54.4 Å². The van der Waals surface area contributed by atoms with Crippen molar-refractivity contribution in [1.82, 2.24) is 20.2 Å². The van der Waals surface area contributed by atoms with Crippen LogP contribution in [0.1, 0.15) is 30.4 Å². The standard InChI is InChI=1S/C28H32N6O/c1-18-13-22(9-10-26(18)34-17-23-15-24(34)16-33(23)2)31-28-29-12-11-25(32-28)20-5-3-19(4-6-20)14-27(35)30-21-7-8-21/h3-6,9-13,21,23-24H,7-8,14-17H2,1-2H3,(H,30,35)(H,29,31,32). The third kappa shape index (κ3) is 4.73. The molecule has 3 aliphatic rings. The van der Waals surface area contributed by atoms with Crippen molar-refractivity contribution in [3.05, 3.63) is 65.9 Å². The van der Waals surface area contributed by atoms with Crippen molar-refractivity contribution >= 4 is 23.2 Å². The quantitative estimate of drug-likeness (QED) is 0.548. The van der Waals surface area contributed by atoms with Crippen molar-refractivity contribution in [2.24, 2.45) is 0 Å². The Labute approximate surface area is 206 Å². The van der Waals surface area contributed by atoms with Gasteiger partial charge >= 0.3 is 0 Å². The summed E-state index contributed by atoms with van der Waals surface area (Å²) >= 11 is 0. The van der Waals surface area contributed by atoms with E-state index >= 15 is 0 Å². The molecule has 1 aromatic heterocycles. The Morgan fingerprint density at radius 2 is 1.89 bits per heavy atom. The number of amides is 1. The van der Waals surface area contributed by atoms with Gasteiger partial charge in [-0.2, -0.15) is 0 Å². The summed E-state index contributed by atoms with van der Waals surface area (Å²) in [7, 11) is 2.23. The summed E-state index contributed by atoms with van der Waals surface area (Å²) in [6, 6.07) is 18.2. The Bertz CT molecular complexity index is 1240. The fourth-order valence-corrected chi connectivity index (χ4v) is 5.41. The molecule has 3 heterocycles. The number of fused-ring (bicyclic) bond motifs is 2. The Morgan fingerprint density at radius 3 is 2.57 bits per heavy atom. The molecule has 2 bridgehead atoms. The number of carbonyl (C=O) groups excluding carboxylic acids is 1. The van der Waals surface area contributed by atoms with Gasteiger partial charge in [0.25, 0.3) is 0 Å². The van der Waals surface area contributed by atoms with Crippen molar-refractivity contribution < 1.29 is 4.79 Å². The Hall–Kier alpha value is -3.45. The van der Waals surface area contributed by atoms with E-state index in [0.717, 1.165) is 48.4 Å². The predicted molar refractivity (Wildman–Crippen MR) is 139 cm³/mol. The zero-order valence-corrected chi connectivity index (χ0v) is 20.4. The second-order valence-corrected chi connectivity index (χ2v) is 10.2. The van der Waals surface area contributed by atoms with Gasteiger partial charge in [-0.1, -0.05) is 24.3 Å². The maximum atomic E-state index is 12.1. The van der Waals surface area contributed by atoms with Crippen LogP contribution in [-0.4, -0.2) is 59.0 Å². The number of piperazine rings is 1. The third-order valence-electron chi connectivity index (χ3n) is 7.49. The number of benzene rings is 2. The molecule has 3 fully saturated rings. The number of rotatable bonds is 7. The van der Waals surface area contributed by atoms with Gasteiger partial charge in [-0.3, -0.25) is 9.69 Å². The lowest BCUT2D eigenvalue weighted by atomic mass is 10.1. The highest BCUT2D eigenvalue weighted by atomic mass is 16.1. The second-order valence-electron chi connectivity index (χ2n) is 10.2. The minimum absolute atomic E-state index is 0.0969. The van der Waals surface area contributed by atoms with Crippen LogP contribution in [0.3, 0.4) is 0 Å². The number of carbonyl (C=O) groups is 1. The zero-order chi connectivity index (χ0) is 23.9. The number of aryl methyl sites for hydroxylation is 1. The van der Waals surface area contributed by atoms with E-state index in [1.54, 1.807) is 6.20 Å². The first-order valence-electron chi connectivity index (χ1n) is 12.6. The van der Waals surface area contributed by atoms with Gasteiger partial charge in [0.15, 0.2) is 0 Å². The first kappa shape index (κ1) is 22.0. The van der Waals surface area contributed by atoms with Crippen LogP contribution in [0, 0.1) is 6.92 Å². The minimum atomic E-state index is 0.0969. The average Bonchev–Trinajstić information content (AvgIpc) is 3.45. The molecule has 2 unspecified atom stereocenters. The van der Waals surface area contributed by atoms with Gasteiger partial charge in [0.2, 0.25) is 11.9 Å². The molecular formula is C28H32N6O. The van der Waals surface area contributed by atoms with Crippen LogP contribution in [0.5, 0.6) is 0 Å². The lowest BCUT2D eigenvalue weighted by molar-refractivity contribution is -0.120. The maximum absolute atomic E-state index is 12.1. The van der Waals surface area contributed by atoms with E-state index < -0.39 is 0 Å². The van der Waals surface area contributed by atoms with Gasteiger partial charge in [-0.05, 0) is 68.6 Å². The average molecular weight is 469 g/mol. The number of nitrogens with one attached hydrogen (secondary N) is 2. The number of hydrogen-bond acceptors (Lipinski definition) is 6. The van der Waals surface area contributed by atoms with Gasteiger partial charge in [-0.25, -0.2) is 9.97 Å². The summed E-state index contributed by atoms with van der Waals surface area (Å²) in [5, 5.41) is 6.41. The number of hydrogen-bond donors (Lipinski definition) is 2. The lowest BCUT2D eigenvalue weighted by Crippen LogP contribution is -2.44. The molecular weight excluding hydrogens is 436 g/mol. The van der Waals surface area contributed by atoms with Crippen LogP contribution in [-0.2, 0) is 11.2 Å². The van der Waals surface area contributed by atoms with E-state index in [2.05, 4.69) is 57.6 Å². The van der Waals surface area contributed by atoms with Crippen molar-refractivity contribution in [2.45, 2.75) is 50.7 Å². The highest BCUT2D eigenvalue weighted by Crippen LogP contribution is 2.36. The Morgan fingerprint density at radius 1 is 1.06 bits per heavy atom. The van der Waals surface area contributed by atoms with Crippen LogP contribution in [0.15, 0.2) is 54.7 Å². The molecule has 7 heteroatoms. The summed E-state index contributed by atoms with van der Waals surface area (Å²) in [6.07, 6.45) is 5.68. The van der Waals surface area contributed by atoms with E-state index in [1.165, 1.54) is 17.7 Å². The third-order valence-corrected chi connectivity index (χ3v) is 7.49. The van der Waals surface area contributed by atoms with E-state index in [9.17, 15) is 4.79 Å². The number of likely N-dealkylation sites (tertiary alicyclic amines) is 1. The predicted octanol–water partition coefficient (Wildman–Crippen LogP) is 3.91. The molecule has 2 atom stereocenters. The minimum Gasteiger partial charge on any atom is -0.365 e. The molecule has 0 radical (unpaired) electrons. The van der Waals surface area contributed by atoms with Crippen molar-refractivity contribution in [3.63, 3.8) is 0 Å². The topological polar surface area (TPSA) is 73.4 Å². The van der Waals surface area contributed by atoms with Gasteiger partial charge < -0.3 is 15.5 Å². The Kier molecular flexibility index (Phi) is 5.65. The SMILES string of the molecule is Cc1cc(Nc2nccc(-c3ccc(CC(=O)NC4CC4)cc3)n2)ccc1N1CC2CC1CN2C. The number of aromatic nitrogens is 2. The molecule has 180 valence electrons. The zero-order valence-electron chi connectivity index (χ0n) is 20.4. The molecule has 7 nitrogen and oxygen atoms in total. The molecule has 35 heavy (non-hydrogen) atoms. The molecule has 2 aromatic carbocycles. The van der Waals surface area contributed by atoms with Gasteiger partial charge in [0.05, 0.1) is 12.1 Å². The van der Waals surface area contributed by atoms with Crippen LogP contribution in [0.4, 0.5) is 17.3 Å². The molecule has 6 rings (SSSR count). The number of likely N-dealkylation sites (N-methyl/N-ethyl adjacent to an activating group) is 1. The smallest absolute Gasteiger partial charge is 0.227 e. The first-order chi connectivity index (χ1) is 17.0. The molecule has 1 saturated carbocycles. The van der Waals surface area contributed by atoms with Gasteiger partial charge in [-0.15, -0.1) is 0 Å². The van der Waals surface area contributed by atoms with Crippen LogP contribution in [0.2, 0.25) is 0 Å². The summed E-state index contributed by atoms with van der Waals surface area (Å²) in [5.74, 6) is 0.670. The molecule has 2 N–H and O–H groups in total. The molecule has 3 aromatic rings. The van der Waals surface area contributed by atoms with Crippen molar-refractivity contribution in [2.75, 3.05) is 30.4 Å². The highest BCUT2D eigenvalue weighted by molar-refractivity contribution is 5.79. The summed E-state index contributed by atoms with van der Waals surface area (Å²) in [6.45, 7) is 4.45. The fraction of sp³-hybridized carbons (Fsp3) is 0.393. The second kappa shape index (κ2) is 8.96. The maximum Gasteiger partial charge on any atom is 0.227 e. The van der Waals surface area contributed by atoms with Crippen LogP contribution >= 0.6 is 0 Å². The van der Waals surface area contributed by atoms with Gasteiger partial charge in [0.1, 0.15) is 0 Å². The lowest BCUT2D eigenvalue weighted by Gasteiger charge is -2.34. The van der Waals surface area contributed by atoms with E-state index in [4.69, 9.17) is 4.98 Å². The fourth-order valence-electron chi connectivity index (χ4n) is 5.41. The van der Waals surface area contributed by atoms with Crippen molar-refractivity contribution in [1.29, 1.82) is 0 Å². The highest BCUT2D eigenvalue weighted by Gasteiger charge is 2.41. The van der Waals surface area contributed by atoms with Crippen LogP contribution < -0.4 is 15.5 Å². The van der Waals surface area contributed by atoms with Crippen molar-refractivity contribution in [3.8, 4) is 11.3 Å². The monoisotopic (exact) mass is 468 g/mol. The number of nitrogens with zero attached hydrogens (tertiary/aromatic N) is 4. The summed E-state index contributed by atoms with van der Waals surface area (Å²) in [5.41, 5.74) is 6.44. The molecule has 1 amide bonds. The normalized spacial score (nSPS) is 21.4.